The summed E-state index contributed by atoms with van der Waals surface area (Å²) in [6.07, 6.45) is 0. The number of hydrogen-bond donors (Lipinski definition) is 0. The molecular weight excluding hydrogens is 862 g/mol. The van der Waals surface area contributed by atoms with Crippen LogP contribution in [0.1, 0.15) is 57.4 Å². The molecule has 3 amide bonds. The van der Waals surface area contributed by atoms with Crippen LogP contribution in [0.3, 0.4) is 0 Å². The zero-order valence-corrected chi connectivity index (χ0v) is 29.6. The van der Waals surface area contributed by atoms with E-state index in [0.717, 1.165) is 29.8 Å². The molecule has 46 heavy (non-hydrogen) atoms. The van der Waals surface area contributed by atoms with E-state index < -0.39 is 40.9 Å². The number of carbonyl (C=O) groups excluding carboxylic acids is 5. The number of fused-ring (bicyclic) bond motifs is 1. The number of ether oxygens (including phenoxy) is 1. The quantitative estimate of drug-likeness (QED) is 0.0256. The van der Waals surface area contributed by atoms with E-state index in [4.69, 9.17) is 4.74 Å². The normalized spacial score (nSPS) is 12.2. The van der Waals surface area contributed by atoms with Crippen LogP contribution >= 0.6 is 63.7 Å². The molecule has 0 unspecified atom stereocenters. The molecule has 0 aromatic heterocycles. The Labute approximate surface area is 294 Å². The van der Waals surface area contributed by atoms with Crippen molar-refractivity contribution in [1.29, 1.82) is 0 Å². The van der Waals surface area contributed by atoms with E-state index in [9.17, 15) is 34.1 Å². The topological polar surface area (TPSA) is 144 Å². The molecule has 5 rings (SSSR count). The van der Waals surface area contributed by atoms with Gasteiger partial charge < -0.3 is 4.74 Å². The highest BCUT2D eigenvalue weighted by Gasteiger charge is 2.46. The number of benzene rings is 4. The SMILES string of the molecule is Cc1ccc(C(=O)Oc2ccc(C(=O)CN(C(=O)c3ccc([N+](=O)[O-])cc3)N3C(=O)c4c(Br)c(Br)c(Br)c(Br)c4C3=O)cc2)cc1. The van der Waals surface area contributed by atoms with Crippen LogP contribution in [-0.4, -0.2) is 51.0 Å². The van der Waals surface area contributed by atoms with Gasteiger partial charge in [0.25, 0.3) is 23.4 Å². The standard InChI is InChI=1S/C31H17Br4N3O8/c1-15-2-4-18(5-3-15)31(43)46-20-12-8-16(9-13-20)21(39)14-36(28(40)17-6-10-19(11-7-17)38(44)45)37-29(41)22-23(30(37)42)25(33)27(35)26(34)24(22)32/h2-13H,14H2,1H3. The number of rotatable bonds is 8. The molecule has 15 heteroatoms. The first-order valence-corrected chi connectivity index (χ1v) is 16.2. The predicted molar refractivity (Wildman–Crippen MR) is 179 cm³/mol. The molecule has 0 N–H and O–H groups in total. The zero-order valence-electron chi connectivity index (χ0n) is 23.3. The fourth-order valence-electron chi connectivity index (χ4n) is 4.46. The van der Waals surface area contributed by atoms with Crippen molar-refractivity contribution in [2.45, 2.75) is 6.92 Å². The fourth-order valence-corrected chi connectivity index (χ4v) is 6.91. The molecule has 1 heterocycles. The number of halogens is 4. The summed E-state index contributed by atoms with van der Waals surface area (Å²) in [5.74, 6) is -3.81. The maximum absolute atomic E-state index is 13.8. The van der Waals surface area contributed by atoms with Gasteiger partial charge in [0.2, 0.25) is 0 Å². The van der Waals surface area contributed by atoms with E-state index in [1.165, 1.54) is 24.3 Å². The van der Waals surface area contributed by atoms with E-state index >= 15 is 0 Å². The van der Waals surface area contributed by atoms with E-state index in [1.807, 2.05) is 6.92 Å². The van der Waals surface area contributed by atoms with Gasteiger partial charge in [-0.3, -0.25) is 29.3 Å². The number of nitrogens with zero attached hydrogens (tertiary/aromatic N) is 3. The minimum Gasteiger partial charge on any atom is -0.423 e. The lowest BCUT2D eigenvalue weighted by Gasteiger charge is -2.29. The minimum atomic E-state index is -0.938. The highest BCUT2D eigenvalue weighted by molar-refractivity contribution is 9.15. The monoisotopic (exact) mass is 875 g/mol. The average Bonchev–Trinajstić information content (AvgIpc) is 3.31. The number of Topliss-reactive ketones (excluding diaryl/α,β-unsaturated/α-hetero) is 1. The Kier molecular flexibility index (Phi) is 9.67. The van der Waals surface area contributed by atoms with E-state index in [0.29, 0.717) is 24.5 Å². The lowest BCUT2D eigenvalue weighted by atomic mass is 10.1. The highest BCUT2D eigenvalue weighted by Crippen LogP contribution is 2.45. The number of imide groups is 1. The van der Waals surface area contributed by atoms with Crippen molar-refractivity contribution in [3.8, 4) is 5.75 Å². The zero-order chi connectivity index (χ0) is 33.4. The fraction of sp³-hybridized carbons (Fsp3) is 0.0645. The number of esters is 1. The molecular formula is C31H17Br4N3O8. The van der Waals surface area contributed by atoms with E-state index in [1.54, 1.807) is 24.3 Å². The first-order valence-electron chi connectivity index (χ1n) is 13.0. The molecule has 1 aliphatic rings. The first-order chi connectivity index (χ1) is 21.8. The Hall–Kier alpha value is -4.05. The second kappa shape index (κ2) is 13.4. The molecule has 0 spiro atoms. The van der Waals surface area contributed by atoms with Crippen molar-refractivity contribution in [2.24, 2.45) is 0 Å². The van der Waals surface area contributed by atoms with Gasteiger partial charge >= 0.3 is 5.97 Å². The Morgan fingerprint density at radius 1 is 0.739 bits per heavy atom. The van der Waals surface area contributed by atoms with Crippen LogP contribution in [0.4, 0.5) is 5.69 Å². The number of carbonyl (C=O) groups is 5. The molecule has 0 fully saturated rings. The summed E-state index contributed by atoms with van der Waals surface area (Å²) in [6, 6.07) is 16.8. The number of nitro groups is 1. The van der Waals surface area contributed by atoms with Crippen LogP contribution in [0.5, 0.6) is 5.75 Å². The van der Waals surface area contributed by atoms with Gasteiger partial charge in [-0.2, -0.15) is 5.01 Å². The maximum Gasteiger partial charge on any atom is 0.343 e. The third-order valence-electron chi connectivity index (χ3n) is 6.85. The van der Waals surface area contributed by atoms with Gasteiger partial charge in [0, 0.05) is 41.2 Å². The van der Waals surface area contributed by atoms with Crippen LogP contribution < -0.4 is 4.74 Å². The van der Waals surface area contributed by atoms with Crippen LogP contribution in [0, 0.1) is 17.0 Å². The number of hydrogen-bond acceptors (Lipinski definition) is 8. The molecule has 0 saturated carbocycles. The van der Waals surface area contributed by atoms with Gasteiger partial charge in [0.15, 0.2) is 5.78 Å². The lowest BCUT2D eigenvalue weighted by Crippen LogP contribution is -2.51. The molecule has 4 aromatic carbocycles. The molecule has 0 radical (unpaired) electrons. The molecule has 0 saturated heterocycles. The maximum atomic E-state index is 13.8. The molecule has 232 valence electrons. The molecule has 0 atom stereocenters. The van der Waals surface area contributed by atoms with E-state index in [-0.39, 0.29) is 42.6 Å². The number of nitro benzene ring substituents is 1. The summed E-state index contributed by atoms with van der Waals surface area (Å²) in [7, 11) is 0. The Bertz CT molecular complexity index is 1920. The number of aryl methyl sites for hydroxylation is 1. The molecule has 11 nitrogen and oxygen atoms in total. The van der Waals surface area contributed by atoms with Crippen LogP contribution in [-0.2, 0) is 0 Å². The van der Waals surface area contributed by atoms with E-state index in [2.05, 4.69) is 63.7 Å². The van der Waals surface area contributed by atoms with Crippen molar-refractivity contribution in [1.82, 2.24) is 10.0 Å². The van der Waals surface area contributed by atoms with Crippen LogP contribution in [0.2, 0.25) is 0 Å². The number of amides is 3. The summed E-state index contributed by atoms with van der Waals surface area (Å²) < 4.78 is 6.72. The van der Waals surface area contributed by atoms with Crippen LogP contribution in [0.25, 0.3) is 0 Å². The molecule has 1 aliphatic heterocycles. The van der Waals surface area contributed by atoms with Gasteiger partial charge in [-0.25, -0.2) is 9.80 Å². The van der Waals surface area contributed by atoms with Gasteiger partial charge in [-0.1, -0.05) is 17.7 Å². The predicted octanol–water partition coefficient (Wildman–Crippen LogP) is 7.71. The third kappa shape index (κ3) is 6.32. The summed E-state index contributed by atoms with van der Waals surface area (Å²) >= 11 is 13.4. The summed E-state index contributed by atoms with van der Waals surface area (Å²) in [4.78, 5) is 77.8. The largest absolute Gasteiger partial charge is 0.423 e. The first kappa shape index (κ1) is 33.3. The van der Waals surface area contributed by atoms with Crippen LogP contribution in [0.15, 0.2) is 90.7 Å². The Morgan fingerprint density at radius 3 is 1.72 bits per heavy atom. The van der Waals surface area contributed by atoms with Gasteiger partial charge in [0.1, 0.15) is 12.3 Å². The molecule has 0 aliphatic carbocycles. The Balaban J connectivity index is 1.46. The van der Waals surface area contributed by atoms with Gasteiger partial charge in [0.05, 0.1) is 21.6 Å². The van der Waals surface area contributed by atoms with Crippen molar-refractivity contribution >= 4 is 98.9 Å². The average molecular weight is 879 g/mol. The van der Waals surface area contributed by atoms with Crippen molar-refractivity contribution < 1.29 is 33.6 Å². The smallest absolute Gasteiger partial charge is 0.343 e. The number of hydrazine groups is 1. The summed E-state index contributed by atoms with van der Waals surface area (Å²) in [5.41, 5.74) is 0.883. The van der Waals surface area contributed by atoms with Crippen molar-refractivity contribution in [2.75, 3.05) is 6.54 Å². The van der Waals surface area contributed by atoms with Gasteiger partial charge in [-0.15, -0.1) is 0 Å². The number of ketones is 1. The summed E-state index contributed by atoms with van der Waals surface area (Å²) in [6.45, 7) is 1.12. The number of non-ortho nitro benzene ring substituents is 1. The third-order valence-corrected chi connectivity index (χ3v) is 11.6. The molecule has 4 aromatic rings. The second-order valence-corrected chi connectivity index (χ2v) is 13.0. The molecule has 0 bridgehead atoms. The second-order valence-electron chi connectivity index (χ2n) is 9.80. The Morgan fingerprint density at radius 2 is 1.22 bits per heavy atom. The summed E-state index contributed by atoms with van der Waals surface area (Å²) in [5, 5.41) is 12.4. The highest BCUT2D eigenvalue weighted by atomic mass is 79.9. The van der Waals surface area contributed by atoms with Gasteiger partial charge in [-0.05, 0) is 119 Å². The van der Waals surface area contributed by atoms with Crippen molar-refractivity contribution in [3.63, 3.8) is 0 Å². The minimum absolute atomic E-state index is 0.0550. The lowest BCUT2D eigenvalue weighted by molar-refractivity contribution is -0.384. The van der Waals surface area contributed by atoms with Crippen molar-refractivity contribution in [3.05, 3.63) is 134 Å².